The number of aromatic nitrogens is 1. The molecular formula is C13H10BrClN2O. The van der Waals surface area contributed by atoms with E-state index in [1.165, 1.54) is 0 Å². The van der Waals surface area contributed by atoms with Crippen molar-refractivity contribution >= 4 is 39.1 Å². The number of nitrogens with zero attached hydrogens (tertiary/aromatic N) is 1. The Kier molecular flexibility index (Phi) is 4.33. The number of nitrogens with one attached hydrogen (secondary N) is 1. The Bertz CT molecular complexity index is 574. The second-order valence-electron chi connectivity index (χ2n) is 3.68. The molecule has 0 aliphatic rings. The molecular weight excluding hydrogens is 316 g/mol. The van der Waals surface area contributed by atoms with Crippen molar-refractivity contribution in [1.82, 2.24) is 4.98 Å². The molecule has 18 heavy (non-hydrogen) atoms. The molecule has 0 radical (unpaired) electrons. The van der Waals surface area contributed by atoms with Crippen molar-refractivity contribution < 1.29 is 4.79 Å². The molecule has 1 aromatic carbocycles. The van der Waals surface area contributed by atoms with Gasteiger partial charge in [-0.15, -0.1) is 11.6 Å². The van der Waals surface area contributed by atoms with E-state index < -0.39 is 0 Å². The third kappa shape index (κ3) is 3.31. The number of carbonyl (C=O) groups is 1. The average molecular weight is 326 g/mol. The predicted octanol–water partition coefficient (Wildman–Crippen LogP) is 3.84. The van der Waals surface area contributed by atoms with Gasteiger partial charge in [-0.05, 0) is 39.7 Å². The van der Waals surface area contributed by atoms with Crippen LogP contribution < -0.4 is 5.32 Å². The first kappa shape index (κ1) is 13.1. The maximum Gasteiger partial charge on any atom is 0.255 e. The number of hydrogen-bond donors (Lipinski definition) is 1. The van der Waals surface area contributed by atoms with E-state index in [0.29, 0.717) is 17.1 Å². The van der Waals surface area contributed by atoms with E-state index in [0.717, 1.165) is 10.0 Å². The van der Waals surface area contributed by atoms with Crippen LogP contribution in [0.4, 0.5) is 5.69 Å². The number of rotatable bonds is 3. The fourth-order valence-electron chi connectivity index (χ4n) is 1.48. The zero-order chi connectivity index (χ0) is 13.0. The molecule has 0 fully saturated rings. The topological polar surface area (TPSA) is 42.0 Å². The summed E-state index contributed by atoms with van der Waals surface area (Å²) >= 11 is 9.04. The first-order valence-electron chi connectivity index (χ1n) is 5.26. The highest BCUT2D eigenvalue weighted by Crippen LogP contribution is 2.15. The molecule has 3 nitrogen and oxygen atoms in total. The number of benzene rings is 1. The van der Waals surface area contributed by atoms with Crippen molar-refractivity contribution in [1.29, 1.82) is 0 Å². The van der Waals surface area contributed by atoms with Crippen molar-refractivity contribution in [3.63, 3.8) is 0 Å². The summed E-state index contributed by atoms with van der Waals surface area (Å²) in [4.78, 5) is 16.0. The Hall–Kier alpha value is -1.39. The van der Waals surface area contributed by atoms with Gasteiger partial charge in [-0.25, -0.2) is 0 Å². The number of pyridine rings is 1. The number of carbonyl (C=O) groups excluding carboxylic acids is 1. The first-order valence-corrected chi connectivity index (χ1v) is 6.58. The maximum atomic E-state index is 12.0. The zero-order valence-corrected chi connectivity index (χ0v) is 11.7. The molecule has 92 valence electrons. The van der Waals surface area contributed by atoms with Gasteiger partial charge in [0.25, 0.3) is 5.91 Å². The van der Waals surface area contributed by atoms with Crippen LogP contribution in [0.2, 0.25) is 0 Å². The number of halogens is 2. The van der Waals surface area contributed by atoms with Gasteiger partial charge in [0.2, 0.25) is 0 Å². The molecule has 0 atom stereocenters. The lowest BCUT2D eigenvalue weighted by Gasteiger charge is -2.06. The number of anilines is 1. The summed E-state index contributed by atoms with van der Waals surface area (Å²) in [6, 6.07) is 9.00. The number of hydrogen-bond acceptors (Lipinski definition) is 2. The van der Waals surface area contributed by atoms with Crippen LogP contribution in [0.15, 0.2) is 47.2 Å². The van der Waals surface area contributed by atoms with E-state index in [4.69, 9.17) is 11.6 Å². The summed E-state index contributed by atoms with van der Waals surface area (Å²) in [5, 5.41) is 2.78. The summed E-state index contributed by atoms with van der Waals surface area (Å²) in [7, 11) is 0. The third-order valence-corrected chi connectivity index (χ3v) is 3.05. The van der Waals surface area contributed by atoms with Crippen molar-refractivity contribution in [2.24, 2.45) is 0 Å². The smallest absolute Gasteiger partial charge is 0.255 e. The summed E-state index contributed by atoms with van der Waals surface area (Å²) in [6.07, 6.45) is 3.25. The van der Waals surface area contributed by atoms with Crippen molar-refractivity contribution in [2.75, 3.05) is 5.32 Å². The van der Waals surface area contributed by atoms with E-state index in [9.17, 15) is 4.79 Å². The molecule has 5 heteroatoms. The van der Waals surface area contributed by atoms with E-state index in [1.54, 1.807) is 30.6 Å². The average Bonchev–Trinajstić information content (AvgIpc) is 2.39. The Balaban J connectivity index is 2.16. The van der Waals surface area contributed by atoms with Crippen LogP contribution in [0, 0.1) is 0 Å². The monoisotopic (exact) mass is 324 g/mol. The number of amides is 1. The molecule has 1 N–H and O–H groups in total. The molecule has 0 spiro atoms. The Morgan fingerprint density at radius 1 is 1.33 bits per heavy atom. The molecule has 0 bridgehead atoms. The van der Waals surface area contributed by atoms with Gasteiger partial charge in [0, 0.05) is 22.1 Å². The summed E-state index contributed by atoms with van der Waals surface area (Å²) < 4.78 is 0.815. The van der Waals surface area contributed by atoms with Gasteiger partial charge in [-0.1, -0.05) is 12.1 Å². The van der Waals surface area contributed by atoms with Gasteiger partial charge < -0.3 is 5.32 Å². The summed E-state index contributed by atoms with van der Waals surface area (Å²) in [5.41, 5.74) is 2.13. The minimum atomic E-state index is -0.179. The lowest BCUT2D eigenvalue weighted by Crippen LogP contribution is -2.12. The molecule has 0 aliphatic heterocycles. The van der Waals surface area contributed by atoms with E-state index in [-0.39, 0.29) is 5.91 Å². The van der Waals surface area contributed by atoms with Crippen LogP contribution in [0.5, 0.6) is 0 Å². The lowest BCUT2D eigenvalue weighted by molar-refractivity contribution is 0.102. The molecule has 0 unspecified atom stereocenters. The van der Waals surface area contributed by atoms with E-state index in [2.05, 4.69) is 26.2 Å². The van der Waals surface area contributed by atoms with Crippen LogP contribution in [0.3, 0.4) is 0 Å². The van der Waals surface area contributed by atoms with Crippen LogP contribution in [0.25, 0.3) is 0 Å². The van der Waals surface area contributed by atoms with Gasteiger partial charge in [0.05, 0.1) is 11.9 Å². The quantitative estimate of drug-likeness (QED) is 0.871. The Labute approximate surface area is 118 Å². The van der Waals surface area contributed by atoms with Gasteiger partial charge in [-0.3, -0.25) is 9.78 Å². The normalized spacial score (nSPS) is 10.1. The SMILES string of the molecule is O=C(Nc1cncc(Br)c1)c1cccc(CCl)c1. The van der Waals surface area contributed by atoms with Crippen LogP contribution >= 0.6 is 27.5 Å². The summed E-state index contributed by atoms with van der Waals surface area (Å²) in [6.45, 7) is 0. The highest BCUT2D eigenvalue weighted by atomic mass is 79.9. The lowest BCUT2D eigenvalue weighted by atomic mass is 10.1. The van der Waals surface area contributed by atoms with Crippen molar-refractivity contribution in [3.05, 3.63) is 58.3 Å². The molecule has 0 saturated heterocycles. The molecule has 1 aromatic heterocycles. The highest BCUT2D eigenvalue weighted by molar-refractivity contribution is 9.10. The van der Waals surface area contributed by atoms with Gasteiger partial charge in [0.15, 0.2) is 0 Å². The Morgan fingerprint density at radius 2 is 2.17 bits per heavy atom. The minimum Gasteiger partial charge on any atom is -0.321 e. The largest absolute Gasteiger partial charge is 0.321 e. The van der Waals surface area contributed by atoms with E-state index in [1.807, 2.05) is 12.1 Å². The van der Waals surface area contributed by atoms with Crippen LogP contribution in [-0.4, -0.2) is 10.9 Å². The van der Waals surface area contributed by atoms with E-state index >= 15 is 0 Å². The molecule has 2 aromatic rings. The summed E-state index contributed by atoms with van der Waals surface area (Å²) in [5.74, 6) is 0.210. The fraction of sp³-hybridized carbons (Fsp3) is 0.0769. The van der Waals surface area contributed by atoms with Crippen LogP contribution in [0.1, 0.15) is 15.9 Å². The second kappa shape index (κ2) is 5.98. The molecule has 0 aliphatic carbocycles. The minimum absolute atomic E-state index is 0.179. The fourth-order valence-corrected chi connectivity index (χ4v) is 2.01. The maximum absolute atomic E-state index is 12.0. The standard InChI is InChI=1S/C13H10BrClN2O/c14-11-5-12(8-16-7-11)17-13(18)10-3-1-2-9(4-10)6-15/h1-5,7-8H,6H2,(H,17,18). The van der Waals surface area contributed by atoms with Crippen molar-refractivity contribution in [3.8, 4) is 0 Å². The van der Waals surface area contributed by atoms with Crippen LogP contribution in [-0.2, 0) is 5.88 Å². The molecule has 2 rings (SSSR count). The molecule has 1 heterocycles. The predicted molar refractivity (Wildman–Crippen MR) is 75.9 cm³/mol. The van der Waals surface area contributed by atoms with Gasteiger partial charge in [0.1, 0.15) is 0 Å². The Morgan fingerprint density at radius 3 is 2.89 bits per heavy atom. The first-order chi connectivity index (χ1) is 8.69. The molecule has 1 amide bonds. The third-order valence-electron chi connectivity index (χ3n) is 2.31. The van der Waals surface area contributed by atoms with Crippen molar-refractivity contribution in [2.45, 2.75) is 5.88 Å². The van der Waals surface area contributed by atoms with Gasteiger partial charge in [-0.2, -0.15) is 0 Å². The second-order valence-corrected chi connectivity index (χ2v) is 4.86. The zero-order valence-electron chi connectivity index (χ0n) is 9.36. The molecule has 0 saturated carbocycles. The number of alkyl halides is 1. The van der Waals surface area contributed by atoms with Gasteiger partial charge >= 0.3 is 0 Å². The highest BCUT2D eigenvalue weighted by Gasteiger charge is 2.07.